The minimum Gasteiger partial charge on any atom is -0.481 e. The molecule has 3 aromatic rings. The molecule has 1 aliphatic heterocycles. The van der Waals surface area contributed by atoms with Gasteiger partial charge in [0.05, 0.1) is 6.04 Å². The highest BCUT2D eigenvalue weighted by Crippen LogP contribution is 2.37. The summed E-state index contributed by atoms with van der Waals surface area (Å²) in [6, 6.07) is 22.2. The zero-order valence-corrected chi connectivity index (χ0v) is 20.3. The fourth-order valence-electron chi connectivity index (χ4n) is 4.53. The summed E-state index contributed by atoms with van der Waals surface area (Å²) in [6.45, 7) is 8.60. The van der Waals surface area contributed by atoms with Gasteiger partial charge in [0.25, 0.3) is 5.91 Å². The molecule has 34 heavy (non-hydrogen) atoms. The van der Waals surface area contributed by atoms with Crippen LogP contribution in [0.2, 0.25) is 0 Å². The highest BCUT2D eigenvalue weighted by molar-refractivity contribution is 5.80. The van der Waals surface area contributed by atoms with Crippen LogP contribution in [-0.2, 0) is 22.6 Å². The molecule has 0 aromatic heterocycles. The van der Waals surface area contributed by atoms with Crippen molar-refractivity contribution >= 4 is 11.8 Å². The molecule has 176 valence electrons. The van der Waals surface area contributed by atoms with Gasteiger partial charge in [-0.05, 0) is 61.6 Å². The summed E-state index contributed by atoms with van der Waals surface area (Å²) < 4.78 is 6.04. The number of rotatable bonds is 6. The van der Waals surface area contributed by atoms with E-state index in [2.05, 4.69) is 48.6 Å². The van der Waals surface area contributed by atoms with Crippen molar-refractivity contribution < 1.29 is 14.3 Å². The van der Waals surface area contributed by atoms with Gasteiger partial charge in [-0.15, -0.1) is 0 Å². The Morgan fingerprint density at radius 1 is 1.03 bits per heavy atom. The predicted molar refractivity (Wildman–Crippen MR) is 134 cm³/mol. The SMILES string of the molecule is CC(=O)N1CCc2ccc(OC(C)C(=O)NCc3cccc(C)c3)cc2C1c1ccc(C)cc1. The van der Waals surface area contributed by atoms with Crippen LogP contribution >= 0.6 is 0 Å². The standard InChI is InChI=1S/C29H32N2O3/c1-19-8-10-25(11-9-19)28-27-17-26(13-12-24(27)14-15-31(28)22(4)32)34-21(3)29(33)30-18-23-7-5-6-20(2)16-23/h5-13,16-17,21,28H,14-15,18H2,1-4H3,(H,30,33). The van der Waals surface area contributed by atoms with Crippen molar-refractivity contribution in [3.63, 3.8) is 0 Å². The fourth-order valence-corrected chi connectivity index (χ4v) is 4.53. The van der Waals surface area contributed by atoms with E-state index >= 15 is 0 Å². The number of carbonyl (C=O) groups excluding carboxylic acids is 2. The molecule has 2 unspecified atom stereocenters. The molecule has 0 radical (unpaired) electrons. The summed E-state index contributed by atoms with van der Waals surface area (Å²) in [5, 5.41) is 2.95. The van der Waals surface area contributed by atoms with E-state index in [1.54, 1.807) is 13.8 Å². The molecule has 1 N–H and O–H groups in total. The Kier molecular flexibility index (Phi) is 7.01. The summed E-state index contributed by atoms with van der Waals surface area (Å²) >= 11 is 0. The summed E-state index contributed by atoms with van der Waals surface area (Å²) in [5.41, 5.74) is 6.72. The second kappa shape index (κ2) is 10.1. The van der Waals surface area contributed by atoms with Crippen molar-refractivity contribution in [1.82, 2.24) is 10.2 Å². The molecule has 5 heteroatoms. The molecule has 0 saturated heterocycles. The van der Waals surface area contributed by atoms with Crippen LogP contribution in [0.5, 0.6) is 5.75 Å². The van der Waals surface area contributed by atoms with Gasteiger partial charge in [0.1, 0.15) is 5.75 Å². The minimum absolute atomic E-state index is 0.0476. The minimum atomic E-state index is -0.645. The number of carbonyl (C=O) groups is 2. The van der Waals surface area contributed by atoms with Crippen molar-refractivity contribution in [1.29, 1.82) is 0 Å². The van der Waals surface area contributed by atoms with E-state index in [1.165, 1.54) is 11.1 Å². The number of nitrogens with zero attached hydrogens (tertiary/aromatic N) is 1. The molecule has 3 aromatic carbocycles. The van der Waals surface area contributed by atoms with Crippen molar-refractivity contribution in [3.8, 4) is 5.75 Å². The highest BCUT2D eigenvalue weighted by atomic mass is 16.5. The maximum Gasteiger partial charge on any atom is 0.261 e. The van der Waals surface area contributed by atoms with Gasteiger partial charge < -0.3 is 15.0 Å². The quantitative estimate of drug-likeness (QED) is 0.575. The maximum absolute atomic E-state index is 12.7. The van der Waals surface area contributed by atoms with E-state index in [4.69, 9.17) is 4.74 Å². The first-order valence-corrected chi connectivity index (χ1v) is 11.8. The average Bonchev–Trinajstić information content (AvgIpc) is 2.82. The van der Waals surface area contributed by atoms with Gasteiger partial charge in [-0.25, -0.2) is 0 Å². The lowest BCUT2D eigenvalue weighted by Crippen LogP contribution is -2.39. The van der Waals surface area contributed by atoms with Crippen LogP contribution in [0, 0.1) is 13.8 Å². The second-order valence-electron chi connectivity index (χ2n) is 9.10. The molecule has 4 rings (SSSR count). The van der Waals surface area contributed by atoms with E-state index in [9.17, 15) is 9.59 Å². The van der Waals surface area contributed by atoms with Gasteiger partial charge in [0.15, 0.2) is 6.10 Å². The summed E-state index contributed by atoms with van der Waals surface area (Å²) in [4.78, 5) is 27.0. The molecule has 5 nitrogen and oxygen atoms in total. The van der Waals surface area contributed by atoms with Crippen LogP contribution in [0.1, 0.15) is 53.3 Å². The zero-order chi connectivity index (χ0) is 24.2. The van der Waals surface area contributed by atoms with Gasteiger partial charge in [-0.2, -0.15) is 0 Å². The number of fused-ring (bicyclic) bond motifs is 1. The maximum atomic E-state index is 12.7. The first-order chi connectivity index (χ1) is 16.3. The van der Waals surface area contributed by atoms with Gasteiger partial charge in [-0.1, -0.05) is 65.7 Å². The van der Waals surface area contributed by atoms with Crippen LogP contribution < -0.4 is 10.1 Å². The van der Waals surface area contributed by atoms with Gasteiger partial charge in [0, 0.05) is 20.0 Å². The Morgan fingerprint density at radius 3 is 2.50 bits per heavy atom. The lowest BCUT2D eigenvalue weighted by Gasteiger charge is -2.37. The predicted octanol–water partition coefficient (Wildman–Crippen LogP) is 4.88. The molecule has 0 fully saturated rings. The van der Waals surface area contributed by atoms with Crippen LogP contribution in [0.3, 0.4) is 0 Å². The molecule has 0 bridgehead atoms. The van der Waals surface area contributed by atoms with E-state index in [1.807, 2.05) is 42.2 Å². The van der Waals surface area contributed by atoms with Crippen LogP contribution in [0.25, 0.3) is 0 Å². The van der Waals surface area contributed by atoms with Crippen LogP contribution in [-0.4, -0.2) is 29.4 Å². The first kappa shape index (κ1) is 23.6. The molecule has 1 heterocycles. The van der Waals surface area contributed by atoms with Gasteiger partial charge >= 0.3 is 0 Å². The molecule has 1 aliphatic rings. The third-order valence-corrected chi connectivity index (χ3v) is 6.37. The smallest absolute Gasteiger partial charge is 0.261 e. The van der Waals surface area contributed by atoms with Crippen molar-refractivity contribution in [3.05, 3.63) is 100 Å². The van der Waals surface area contributed by atoms with E-state index in [-0.39, 0.29) is 17.9 Å². The Labute approximate surface area is 201 Å². The van der Waals surface area contributed by atoms with Crippen molar-refractivity contribution in [2.75, 3.05) is 6.54 Å². The molecule has 0 saturated carbocycles. The fraction of sp³-hybridized carbons (Fsp3) is 0.310. The Balaban J connectivity index is 1.52. The Hall–Kier alpha value is -3.60. The number of hydrogen-bond acceptors (Lipinski definition) is 3. The molecular weight excluding hydrogens is 424 g/mol. The van der Waals surface area contributed by atoms with Crippen molar-refractivity contribution in [2.45, 2.75) is 52.8 Å². The Bertz CT molecular complexity index is 1190. The number of aryl methyl sites for hydroxylation is 2. The van der Waals surface area contributed by atoms with E-state index < -0.39 is 6.10 Å². The molecule has 0 aliphatic carbocycles. The van der Waals surface area contributed by atoms with Gasteiger partial charge in [0.2, 0.25) is 5.91 Å². The third kappa shape index (κ3) is 5.30. The number of hydrogen-bond donors (Lipinski definition) is 1. The highest BCUT2D eigenvalue weighted by Gasteiger charge is 2.31. The lowest BCUT2D eigenvalue weighted by atomic mass is 9.87. The third-order valence-electron chi connectivity index (χ3n) is 6.37. The molecule has 0 spiro atoms. The Morgan fingerprint density at radius 2 is 1.79 bits per heavy atom. The summed E-state index contributed by atoms with van der Waals surface area (Å²) in [7, 11) is 0. The topological polar surface area (TPSA) is 58.6 Å². The molecule has 2 amide bonds. The second-order valence-corrected chi connectivity index (χ2v) is 9.10. The summed E-state index contributed by atoms with van der Waals surface area (Å²) in [6.07, 6.45) is 0.151. The average molecular weight is 457 g/mol. The van der Waals surface area contributed by atoms with Crippen molar-refractivity contribution in [2.24, 2.45) is 0 Å². The number of ether oxygens (including phenoxy) is 1. The monoisotopic (exact) mass is 456 g/mol. The summed E-state index contributed by atoms with van der Waals surface area (Å²) in [5.74, 6) is 0.505. The largest absolute Gasteiger partial charge is 0.481 e. The normalized spacial score (nSPS) is 15.9. The molecule has 2 atom stereocenters. The first-order valence-electron chi connectivity index (χ1n) is 11.8. The zero-order valence-electron chi connectivity index (χ0n) is 20.3. The molecular formula is C29H32N2O3. The lowest BCUT2D eigenvalue weighted by molar-refractivity contribution is -0.131. The van der Waals surface area contributed by atoms with E-state index in [0.29, 0.717) is 18.8 Å². The van der Waals surface area contributed by atoms with Gasteiger partial charge in [-0.3, -0.25) is 9.59 Å². The van der Waals surface area contributed by atoms with Crippen LogP contribution in [0.4, 0.5) is 0 Å². The number of amides is 2. The number of nitrogens with one attached hydrogen (secondary N) is 1. The van der Waals surface area contributed by atoms with E-state index in [0.717, 1.165) is 28.7 Å². The number of benzene rings is 3. The van der Waals surface area contributed by atoms with Crippen LogP contribution in [0.15, 0.2) is 66.7 Å².